The van der Waals surface area contributed by atoms with E-state index in [2.05, 4.69) is 0 Å². The topological polar surface area (TPSA) is 40.5 Å². The Morgan fingerprint density at radius 3 is 2.36 bits per heavy atom. The Morgan fingerprint density at radius 1 is 1.29 bits per heavy atom. The third-order valence-electron chi connectivity index (χ3n) is 3.09. The molecule has 14 heavy (non-hydrogen) atoms. The van der Waals surface area contributed by atoms with Crippen LogP contribution < -0.4 is 0 Å². The SMILES string of the molecule is CN(C)C(=O)CCC1(O)CCCCC1. The molecular formula is C11H21NO2. The van der Waals surface area contributed by atoms with Crippen molar-refractivity contribution >= 4 is 5.91 Å². The van der Waals surface area contributed by atoms with Crippen LogP contribution in [-0.4, -0.2) is 35.6 Å². The lowest BCUT2D eigenvalue weighted by molar-refractivity contribution is -0.130. The summed E-state index contributed by atoms with van der Waals surface area (Å²) < 4.78 is 0. The summed E-state index contributed by atoms with van der Waals surface area (Å²) in [5.41, 5.74) is -0.552. The summed E-state index contributed by atoms with van der Waals surface area (Å²) in [5.74, 6) is 0.115. The van der Waals surface area contributed by atoms with Crippen LogP contribution in [0.5, 0.6) is 0 Å². The minimum Gasteiger partial charge on any atom is -0.390 e. The molecule has 0 aromatic heterocycles. The van der Waals surface area contributed by atoms with Crippen molar-refractivity contribution in [2.75, 3.05) is 14.1 Å². The molecule has 3 heteroatoms. The minimum atomic E-state index is -0.552. The number of amides is 1. The first-order valence-electron chi connectivity index (χ1n) is 5.46. The number of nitrogens with zero attached hydrogens (tertiary/aromatic N) is 1. The standard InChI is InChI=1S/C11H21NO2/c1-12(2)10(13)6-9-11(14)7-4-3-5-8-11/h14H,3-9H2,1-2H3. The molecule has 0 saturated heterocycles. The second-order valence-corrected chi connectivity index (χ2v) is 4.57. The zero-order chi connectivity index (χ0) is 10.6. The van der Waals surface area contributed by atoms with Gasteiger partial charge in [0.05, 0.1) is 5.60 Å². The Kier molecular flexibility index (Phi) is 3.93. The van der Waals surface area contributed by atoms with Crippen molar-refractivity contribution < 1.29 is 9.90 Å². The summed E-state index contributed by atoms with van der Waals surface area (Å²) in [6.45, 7) is 0. The van der Waals surface area contributed by atoms with Gasteiger partial charge in [0.15, 0.2) is 0 Å². The van der Waals surface area contributed by atoms with Crippen molar-refractivity contribution in [2.24, 2.45) is 0 Å². The van der Waals surface area contributed by atoms with E-state index >= 15 is 0 Å². The van der Waals surface area contributed by atoms with E-state index in [4.69, 9.17) is 0 Å². The third kappa shape index (κ3) is 3.29. The van der Waals surface area contributed by atoms with Gasteiger partial charge in [-0.2, -0.15) is 0 Å². The Balaban J connectivity index is 2.32. The van der Waals surface area contributed by atoms with Crippen molar-refractivity contribution in [3.63, 3.8) is 0 Å². The van der Waals surface area contributed by atoms with Crippen LogP contribution in [0.15, 0.2) is 0 Å². The first-order chi connectivity index (χ1) is 6.53. The quantitative estimate of drug-likeness (QED) is 0.749. The van der Waals surface area contributed by atoms with Gasteiger partial charge in [0.1, 0.15) is 0 Å². The highest BCUT2D eigenvalue weighted by atomic mass is 16.3. The number of aliphatic hydroxyl groups is 1. The molecule has 0 spiro atoms. The molecule has 0 aliphatic heterocycles. The molecule has 1 rings (SSSR count). The van der Waals surface area contributed by atoms with Crippen LogP contribution >= 0.6 is 0 Å². The van der Waals surface area contributed by atoms with E-state index in [9.17, 15) is 9.90 Å². The van der Waals surface area contributed by atoms with Gasteiger partial charge in [-0.05, 0) is 19.3 Å². The smallest absolute Gasteiger partial charge is 0.222 e. The molecule has 3 nitrogen and oxygen atoms in total. The zero-order valence-electron chi connectivity index (χ0n) is 9.25. The number of hydrogen-bond donors (Lipinski definition) is 1. The fourth-order valence-corrected chi connectivity index (χ4v) is 2.02. The number of rotatable bonds is 3. The molecule has 1 amide bonds. The van der Waals surface area contributed by atoms with Crippen LogP contribution in [0.25, 0.3) is 0 Å². The van der Waals surface area contributed by atoms with Gasteiger partial charge in [0, 0.05) is 20.5 Å². The predicted octanol–water partition coefficient (Wildman–Crippen LogP) is 1.55. The van der Waals surface area contributed by atoms with E-state index in [1.807, 2.05) is 0 Å². The number of carbonyl (C=O) groups excluding carboxylic acids is 1. The number of carbonyl (C=O) groups is 1. The molecule has 1 fully saturated rings. The average Bonchev–Trinajstić information content (AvgIpc) is 2.15. The van der Waals surface area contributed by atoms with Gasteiger partial charge in [0.2, 0.25) is 5.91 Å². The average molecular weight is 199 g/mol. The van der Waals surface area contributed by atoms with Crippen LogP contribution in [0, 0.1) is 0 Å². The fraction of sp³-hybridized carbons (Fsp3) is 0.909. The van der Waals surface area contributed by atoms with Gasteiger partial charge in [0.25, 0.3) is 0 Å². The fourth-order valence-electron chi connectivity index (χ4n) is 2.02. The summed E-state index contributed by atoms with van der Waals surface area (Å²) in [6.07, 6.45) is 6.28. The van der Waals surface area contributed by atoms with Gasteiger partial charge in [-0.3, -0.25) is 4.79 Å². The van der Waals surface area contributed by atoms with Crippen molar-refractivity contribution in [3.8, 4) is 0 Å². The van der Waals surface area contributed by atoms with Gasteiger partial charge < -0.3 is 10.0 Å². The molecule has 0 unspecified atom stereocenters. The predicted molar refractivity (Wildman–Crippen MR) is 56.0 cm³/mol. The Morgan fingerprint density at radius 2 is 1.86 bits per heavy atom. The van der Waals surface area contributed by atoms with Crippen LogP contribution in [-0.2, 0) is 4.79 Å². The molecule has 0 aromatic carbocycles. The molecule has 0 radical (unpaired) electrons. The molecule has 0 atom stereocenters. The molecule has 0 aromatic rings. The van der Waals surface area contributed by atoms with Gasteiger partial charge in [-0.1, -0.05) is 19.3 Å². The molecule has 1 N–H and O–H groups in total. The summed E-state index contributed by atoms with van der Waals surface area (Å²) in [6, 6.07) is 0. The second-order valence-electron chi connectivity index (χ2n) is 4.57. The Hall–Kier alpha value is -0.570. The molecule has 1 aliphatic rings. The van der Waals surface area contributed by atoms with Crippen LogP contribution in [0.2, 0.25) is 0 Å². The first kappa shape index (κ1) is 11.5. The van der Waals surface area contributed by atoms with Gasteiger partial charge in [-0.25, -0.2) is 0 Å². The van der Waals surface area contributed by atoms with Crippen molar-refractivity contribution in [1.82, 2.24) is 4.90 Å². The van der Waals surface area contributed by atoms with E-state index < -0.39 is 5.60 Å². The molecule has 0 heterocycles. The summed E-state index contributed by atoms with van der Waals surface area (Å²) >= 11 is 0. The highest BCUT2D eigenvalue weighted by Crippen LogP contribution is 2.31. The highest BCUT2D eigenvalue weighted by Gasteiger charge is 2.29. The van der Waals surface area contributed by atoms with E-state index in [1.165, 1.54) is 6.42 Å². The van der Waals surface area contributed by atoms with Crippen molar-refractivity contribution in [1.29, 1.82) is 0 Å². The van der Waals surface area contributed by atoms with Crippen molar-refractivity contribution in [2.45, 2.75) is 50.5 Å². The molecule has 1 aliphatic carbocycles. The maximum atomic E-state index is 11.3. The van der Waals surface area contributed by atoms with Crippen LogP contribution in [0.1, 0.15) is 44.9 Å². The summed E-state index contributed by atoms with van der Waals surface area (Å²) in [5, 5.41) is 10.1. The second kappa shape index (κ2) is 4.78. The van der Waals surface area contributed by atoms with E-state index in [1.54, 1.807) is 19.0 Å². The Labute approximate surface area is 86.1 Å². The van der Waals surface area contributed by atoms with E-state index in [0.29, 0.717) is 12.8 Å². The first-order valence-corrected chi connectivity index (χ1v) is 5.46. The van der Waals surface area contributed by atoms with Crippen LogP contribution in [0.4, 0.5) is 0 Å². The lowest BCUT2D eigenvalue weighted by Gasteiger charge is -2.32. The minimum absolute atomic E-state index is 0.115. The van der Waals surface area contributed by atoms with Crippen LogP contribution in [0.3, 0.4) is 0 Å². The van der Waals surface area contributed by atoms with Gasteiger partial charge >= 0.3 is 0 Å². The van der Waals surface area contributed by atoms with E-state index in [0.717, 1.165) is 25.7 Å². The molecule has 82 valence electrons. The van der Waals surface area contributed by atoms with E-state index in [-0.39, 0.29) is 5.91 Å². The lowest BCUT2D eigenvalue weighted by Crippen LogP contribution is -2.33. The molecular weight excluding hydrogens is 178 g/mol. The normalized spacial score (nSPS) is 20.5. The Bertz CT molecular complexity index is 195. The molecule has 1 saturated carbocycles. The van der Waals surface area contributed by atoms with Crippen molar-refractivity contribution in [3.05, 3.63) is 0 Å². The third-order valence-corrected chi connectivity index (χ3v) is 3.09. The zero-order valence-corrected chi connectivity index (χ0v) is 9.25. The monoisotopic (exact) mass is 199 g/mol. The maximum Gasteiger partial charge on any atom is 0.222 e. The lowest BCUT2D eigenvalue weighted by atomic mass is 9.81. The summed E-state index contributed by atoms with van der Waals surface area (Å²) in [4.78, 5) is 12.9. The number of hydrogen-bond acceptors (Lipinski definition) is 2. The molecule has 0 bridgehead atoms. The largest absolute Gasteiger partial charge is 0.390 e. The highest BCUT2D eigenvalue weighted by molar-refractivity contribution is 5.75. The van der Waals surface area contributed by atoms with Gasteiger partial charge in [-0.15, -0.1) is 0 Å². The summed E-state index contributed by atoms with van der Waals surface area (Å²) in [7, 11) is 3.51. The maximum absolute atomic E-state index is 11.3.